The Hall–Kier alpha value is -4.41. The number of carbonyl (C=O) groups is 3. The summed E-state index contributed by atoms with van der Waals surface area (Å²) in [6.45, 7) is 6.16. The SMILES string of the molecule is COc1cc(CN2C(=O)N([C@H](CN[C@@H](CCO)c3ccccc3)CC3CC3)C(=O)C2(C)C)ccc1NC(=O)Nc1ccccc1C. The van der Waals surface area contributed by atoms with Gasteiger partial charge in [-0.1, -0.05) is 67.4 Å². The first-order chi connectivity index (χ1) is 22.1. The Labute approximate surface area is 271 Å². The molecule has 3 aromatic carbocycles. The van der Waals surface area contributed by atoms with Gasteiger partial charge in [-0.15, -0.1) is 0 Å². The number of amides is 5. The summed E-state index contributed by atoms with van der Waals surface area (Å²) in [6, 6.07) is 21.7. The molecule has 1 aliphatic heterocycles. The lowest BCUT2D eigenvalue weighted by molar-refractivity contribution is -0.133. The molecular weight excluding hydrogens is 582 g/mol. The number of aliphatic hydroxyl groups excluding tert-OH is 1. The van der Waals surface area contributed by atoms with Crippen LogP contribution in [0.15, 0.2) is 72.8 Å². The number of aryl methyl sites for hydroxylation is 1. The number of methoxy groups -OCH3 is 1. The molecule has 2 atom stereocenters. The number of aliphatic hydroxyl groups is 1. The Bertz CT molecular complexity index is 1540. The van der Waals surface area contributed by atoms with Gasteiger partial charge in [0.2, 0.25) is 0 Å². The molecule has 0 aromatic heterocycles. The number of rotatable bonds is 14. The standard InChI is InChI=1S/C36H45N5O5/c1-24-10-8-9-13-29(24)38-34(44)39-31-17-16-26(21-32(31)46-4)23-40-35(45)41(33(43)36(40,2)3)28(20-25-14-15-25)22-37-30(18-19-42)27-11-6-5-7-12-27/h5-13,16-17,21,25,28,30,37,42H,14-15,18-20,22-23H2,1-4H3,(H2,38,39,44)/t28-,30-/m0/s1. The van der Waals surface area contributed by atoms with E-state index in [1.807, 2.05) is 67.6 Å². The Kier molecular flexibility index (Phi) is 10.3. The van der Waals surface area contributed by atoms with Crippen LogP contribution in [0.5, 0.6) is 5.75 Å². The molecule has 10 nitrogen and oxygen atoms in total. The highest BCUT2D eigenvalue weighted by molar-refractivity contribution is 6.07. The van der Waals surface area contributed by atoms with E-state index < -0.39 is 11.6 Å². The summed E-state index contributed by atoms with van der Waals surface area (Å²) in [5.74, 6) is 0.711. The maximum atomic E-state index is 14.1. The molecular formula is C36H45N5O5. The van der Waals surface area contributed by atoms with Gasteiger partial charge in [-0.2, -0.15) is 0 Å². The van der Waals surface area contributed by atoms with E-state index in [1.165, 1.54) is 12.0 Å². The Balaban J connectivity index is 1.30. The molecule has 0 spiro atoms. The van der Waals surface area contributed by atoms with Crippen LogP contribution >= 0.6 is 0 Å². The lowest BCUT2D eigenvalue weighted by Gasteiger charge is -2.29. The summed E-state index contributed by atoms with van der Waals surface area (Å²) in [5, 5.41) is 19.0. The second-order valence-corrected chi connectivity index (χ2v) is 12.7. The molecule has 46 heavy (non-hydrogen) atoms. The number of urea groups is 2. The maximum Gasteiger partial charge on any atom is 0.328 e. The molecule has 2 aliphatic rings. The number of benzene rings is 3. The topological polar surface area (TPSA) is 123 Å². The predicted octanol–water partition coefficient (Wildman–Crippen LogP) is 6.07. The largest absolute Gasteiger partial charge is 0.495 e. The second-order valence-electron chi connectivity index (χ2n) is 12.7. The molecule has 5 rings (SSSR count). The highest BCUT2D eigenvalue weighted by Crippen LogP contribution is 2.39. The van der Waals surface area contributed by atoms with Gasteiger partial charge in [0.05, 0.1) is 18.8 Å². The van der Waals surface area contributed by atoms with Crippen molar-refractivity contribution in [2.45, 2.75) is 70.6 Å². The number of anilines is 2. The van der Waals surface area contributed by atoms with Gasteiger partial charge in [-0.05, 0) is 74.4 Å². The molecule has 0 bridgehead atoms. The summed E-state index contributed by atoms with van der Waals surface area (Å²) >= 11 is 0. The molecule has 10 heteroatoms. The van der Waals surface area contributed by atoms with Crippen molar-refractivity contribution in [1.29, 1.82) is 0 Å². The summed E-state index contributed by atoms with van der Waals surface area (Å²) in [7, 11) is 1.52. The minimum absolute atomic E-state index is 0.0252. The summed E-state index contributed by atoms with van der Waals surface area (Å²) in [4.78, 5) is 43.8. The van der Waals surface area contributed by atoms with Crippen LogP contribution in [0, 0.1) is 12.8 Å². The first-order valence-corrected chi connectivity index (χ1v) is 16.0. The number of hydrogen-bond acceptors (Lipinski definition) is 6. The van der Waals surface area contributed by atoms with Crippen LogP contribution in [0.2, 0.25) is 0 Å². The van der Waals surface area contributed by atoms with Crippen molar-refractivity contribution in [3.63, 3.8) is 0 Å². The monoisotopic (exact) mass is 627 g/mol. The summed E-state index contributed by atoms with van der Waals surface area (Å²) in [6.07, 6.45) is 3.47. The van der Waals surface area contributed by atoms with Crippen LogP contribution < -0.4 is 20.7 Å². The molecule has 3 aromatic rings. The molecule has 1 aliphatic carbocycles. The molecule has 1 heterocycles. The highest BCUT2D eigenvalue weighted by atomic mass is 16.5. The van der Waals surface area contributed by atoms with Crippen LogP contribution in [0.3, 0.4) is 0 Å². The zero-order chi connectivity index (χ0) is 32.8. The van der Waals surface area contributed by atoms with E-state index in [0.717, 1.165) is 36.0 Å². The van der Waals surface area contributed by atoms with Crippen molar-refractivity contribution in [3.05, 3.63) is 89.5 Å². The van der Waals surface area contributed by atoms with Gasteiger partial charge in [0.25, 0.3) is 5.91 Å². The van der Waals surface area contributed by atoms with Gasteiger partial charge in [-0.3, -0.25) is 9.69 Å². The number of ether oxygens (including phenoxy) is 1. The minimum atomic E-state index is -1.06. The fourth-order valence-corrected chi connectivity index (χ4v) is 6.06. The number of nitrogens with one attached hydrogen (secondary N) is 3. The maximum absolute atomic E-state index is 14.1. The van der Waals surface area contributed by atoms with E-state index >= 15 is 0 Å². The van der Waals surface area contributed by atoms with Crippen molar-refractivity contribution in [1.82, 2.24) is 15.1 Å². The van der Waals surface area contributed by atoms with E-state index in [2.05, 4.69) is 16.0 Å². The molecule has 1 saturated carbocycles. The lowest BCUT2D eigenvalue weighted by atomic mass is 10.0. The molecule has 4 N–H and O–H groups in total. The van der Waals surface area contributed by atoms with Crippen molar-refractivity contribution in [2.75, 3.05) is 30.9 Å². The third-order valence-electron chi connectivity index (χ3n) is 8.99. The minimum Gasteiger partial charge on any atom is -0.495 e. The van der Waals surface area contributed by atoms with Gasteiger partial charge < -0.3 is 30.7 Å². The van der Waals surface area contributed by atoms with E-state index in [0.29, 0.717) is 36.0 Å². The smallest absolute Gasteiger partial charge is 0.328 e. The molecule has 2 fully saturated rings. The third-order valence-corrected chi connectivity index (χ3v) is 8.99. The molecule has 0 unspecified atom stereocenters. The first kappa shape index (κ1) is 33.0. The predicted molar refractivity (Wildman–Crippen MR) is 179 cm³/mol. The van der Waals surface area contributed by atoms with Crippen LogP contribution in [0.25, 0.3) is 0 Å². The van der Waals surface area contributed by atoms with E-state index in [4.69, 9.17) is 4.74 Å². The number of nitrogens with zero attached hydrogens (tertiary/aromatic N) is 2. The zero-order valence-electron chi connectivity index (χ0n) is 27.1. The lowest BCUT2D eigenvalue weighted by Crippen LogP contribution is -2.48. The van der Waals surface area contributed by atoms with E-state index in [9.17, 15) is 19.5 Å². The molecule has 244 valence electrons. The van der Waals surface area contributed by atoms with Gasteiger partial charge in [0.1, 0.15) is 11.3 Å². The fraction of sp³-hybridized carbons (Fsp3) is 0.417. The van der Waals surface area contributed by atoms with E-state index in [1.54, 1.807) is 30.9 Å². The van der Waals surface area contributed by atoms with Gasteiger partial charge in [0.15, 0.2) is 0 Å². The van der Waals surface area contributed by atoms with Crippen molar-refractivity contribution >= 4 is 29.3 Å². The Morgan fingerprint density at radius 2 is 1.70 bits per heavy atom. The average Bonchev–Trinajstić information content (AvgIpc) is 3.85. The Morgan fingerprint density at radius 1 is 1.00 bits per heavy atom. The number of para-hydroxylation sites is 1. The molecule has 1 saturated heterocycles. The zero-order valence-corrected chi connectivity index (χ0v) is 27.1. The van der Waals surface area contributed by atoms with E-state index in [-0.39, 0.29) is 37.2 Å². The van der Waals surface area contributed by atoms with Crippen LogP contribution in [0.4, 0.5) is 21.0 Å². The quantitative estimate of drug-likeness (QED) is 0.161. The van der Waals surface area contributed by atoms with Crippen molar-refractivity contribution in [2.24, 2.45) is 5.92 Å². The summed E-state index contributed by atoms with van der Waals surface area (Å²) < 4.78 is 5.60. The summed E-state index contributed by atoms with van der Waals surface area (Å²) in [5.41, 5.74) is 2.90. The van der Waals surface area contributed by atoms with Crippen LogP contribution in [-0.4, -0.2) is 64.7 Å². The second kappa shape index (κ2) is 14.3. The van der Waals surface area contributed by atoms with Gasteiger partial charge >= 0.3 is 12.1 Å². The van der Waals surface area contributed by atoms with Gasteiger partial charge in [0, 0.05) is 31.4 Å². The normalized spacial score (nSPS) is 17.2. The third kappa shape index (κ3) is 7.51. The number of imide groups is 1. The fourth-order valence-electron chi connectivity index (χ4n) is 6.06. The van der Waals surface area contributed by atoms with Crippen LogP contribution in [-0.2, 0) is 11.3 Å². The molecule has 0 radical (unpaired) electrons. The first-order valence-electron chi connectivity index (χ1n) is 16.0. The number of carbonyl (C=O) groups excluding carboxylic acids is 3. The Morgan fingerprint density at radius 3 is 2.37 bits per heavy atom. The molecule has 5 amide bonds. The van der Waals surface area contributed by atoms with Gasteiger partial charge in [-0.25, -0.2) is 9.59 Å². The van der Waals surface area contributed by atoms with Crippen molar-refractivity contribution < 1.29 is 24.2 Å². The highest BCUT2D eigenvalue weighted by Gasteiger charge is 2.53. The average molecular weight is 628 g/mol. The van der Waals surface area contributed by atoms with Crippen LogP contribution in [0.1, 0.15) is 62.3 Å². The van der Waals surface area contributed by atoms with Crippen molar-refractivity contribution in [3.8, 4) is 5.75 Å². The number of hydrogen-bond donors (Lipinski definition) is 4.